The summed E-state index contributed by atoms with van der Waals surface area (Å²) < 4.78 is 37.1. The maximum absolute atomic E-state index is 12.3. The first-order chi connectivity index (χ1) is 7.30. The van der Waals surface area contributed by atoms with Crippen LogP contribution in [0.25, 0.3) is 0 Å². The fraction of sp³-hybridized carbons (Fsp3) is 0.222. The standard InChI is InChI=1S/C9H8BrF3N2O/c10-6-3-5(9(11,12)13)1-2-7(6)15-4-8(14)16/h1-3,15H,4H2,(H2,14,16). The number of carbonyl (C=O) groups is 1. The van der Waals surface area contributed by atoms with Crippen LogP contribution < -0.4 is 11.1 Å². The molecule has 0 aliphatic rings. The van der Waals surface area contributed by atoms with Gasteiger partial charge < -0.3 is 11.1 Å². The summed E-state index contributed by atoms with van der Waals surface area (Å²) in [7, 11) is 0. The number of nitrogens with two attached hydrogens (primary N) is 1. The molecular weight excluding hydrogens is 289 g/mol. The number of primary amides is 1. The van der Waals surface area contributed by atoms with Crippen molar-refractivity contribution in [2.24, 2.45) is 5.73 Å². The Labute approximate surface area is 97.9 Å². The number of amides is 1. The van der Waals surface area contributed by atoms with Gasteiger partial charge in [0.05, 0.1) is 12.1 Å². The highest BCUT2D eigenvalue weighted by atomic mass is 79.9. The van der Waals surface area contributed by atoms with Crippen LogP contribution in [-0.2, 0) is 11.0 Å². The molecule has 3 N–H and O–H groups in total. The summed E-state index contributed by atoms with van der Waals surface area (Å²) >= 11 is 2.98. The van der Waals surface area contributed by atoms with E-state index in [2.05, 4.69) is 21.2 Å². The molecule has 1 amide bonds. The number of nitrogens with one attached hydrogen (secondary N) is 1. The van der Waals surface area contributed by atoms with Crippen LogP contribution in [0.3, 0.4) is 0 Å². The van der Waals surface area contributed by atoms with Gasteiger partial charge in [-0.25, -0.2) is 0 Å². The van der Waals surface area contributed by atoms with Crippen LogP contribution in [-0.4, -0.2) is 12.5 Å². The second-order valence-electron chi connectivity index (χ2n) is 3.01. The van der Waals surface area contributed by atoms with Crippen molar-refractivity contribution in [2.45, 2.75) is 6.18 Å². The van der Waals surface area contributed by atoms with Crippen molar-refractivity contribution >= 4 is 27.5 Å². The Kier molecular flexibility index (Phi) is 3.79. The van der Waals surface area contributed by atoms with Gasteiger partial charge in [-0.15, -0.1) is 0 Å². The van der Waals surface area contributed by atoms with E-state index < -0.39 is 17.6 Å². The third-order valence-electron chi connectivity index (χ3n) is 1.75. The van der Waals surface area contributed by atoms with Gasteiger partial charge in [0.25, 0.3) is 0 Å². The molecule has 1 aromatic carbocycles. The summed E-state index contributed by atoms with van der Waals surface area (Å²) in [5.74, 6) is -0.591. The fourth-order valence-electron chi connectivity index (χ4n) is 1.02. The predicted molar refractivity (Wildman–Crippen MR) is 56.8 cm³/mol. The summed E-state index contributed by atoms with van der Waals surface area (Å²) in [6, 6.07) is 3.09. The molecule has 88 valence electrons. The molecule has 0 radical (unpaired) electrons. The van der Waals surface area contributed by atoms with Crippen LogP contribution in [0.4, 0.5) is 18.9 Å². The fourth-order valence-corrected chi connectivity index (χ4v) is 1.54. The van der Waals surface area contributed by atoms with Gasteiger partial charge >= 0.3 is 6.18 Å². The number of anilines is 1. The lowest BCUT2D eigenvalue weighted by molar-refractivity contribution is -0.137. The van der Waals surface area contributed by atoms with Gasteiger partial charge in [0, 0.05) is 10.2 Å². The zero-order valence-corrected chi connectivity index (χ0v) is 9.52. The number of carbonyl (C=O) groups excluding carboxylic acids is 1. The molecule has 0 saturated heterocycles. The highest BCUT2D eigenvalue weighted by Crippen LogP contribution is 2.33. The number of halogens is 4. The van der Waals surface area contributed by atoms with E-state index in [9.17, 15) is 18.0 Å². The van der Waals surface area contributed by atoms with E-state index in [0.717, 1.165) is 12.1 Å². The van der Waals surface area contributed by atoms with E-state index in [4.69, 9.17) is 5.73 Å². The molecule has 0 saturated carbocycles. The van der Waals surface area contributed by atoms with E-state index in [1.165, 1.54) is 6.07 Å². The monoisotopic (exact) mass is 296 g/mol. The smallest absolute Gasteiger partial charge is 0.375 e. The van der Waals surface area contributed by atoms with Crippen molar-refractivity contribution in [3.63, 3.8) is 0 Å². The molecule has 16 heavy (non-hydrogen) atoms. The quantitative estimate of drug-likeness (QED) is 0.900. The van der Waals surface area contributed by atoms with Crippen molar-refractivity contribution in [3.05, 3.63) is 28.2 Å². The number of hydrogen-bond donors (Lipinski definition) is 2. The van der Waals surface area contributed by atoms with Crippen molar-refractivity contribution in [1.82, 2.24) is 0 Å². The lowest BCUT2D eigenvalue weighted by atomic mass is 10.2. The molecule has 0 aliphatic carbocycles. The summed E-state index contributed by atoms with van der Waals surface area (Å²) in [5.41, 5.74) is 4.51. The molecule has 0 unspecified atom stereocenters. The van der Waals surface area contributed by atoms with E-state index in [1.807, 2.05) is 0 Å². The Hall–Kier alpha value is -1.24. The molecule has 0 aliphatic heterocycles. The summed E-state index contributed by atoms with van der Waals surface area (Å²) in [4.78, 5) is 10.5. The van der Waals surface area contributed by atoms with E-state index in [0.29, 0.717) is 5.69 Å². The lowest BCUT2D eigenvalue weighted by Gasteiger charge is -2.10. The van der Waals surface area contributed by atoms with Crippen molar-refractivity contribution in [3.8, 4) is 0 Å². The summed E-state index contributed by atoms with van der Waals surface area (Å²) in [6.45, 7) is -0.135. The predicted octanol–water partition coefficient (Wildman–Crippen LogP) is 2.37. The highest BCUT2D eigenvalue weighted by molar-refractivity contribution is 9.10. The van der Waals surface area contributed by atoms with E-state index in [1.54, 1.807) is 0 Å². The van der Waals surface area contributed by atoms with Gasteiger partial charge in [0.15, 0.2) is 0 Å². The van der Waals surface area contributed by atoms with Crippen molar-refractivity contribution < 1.29 is 18.0 Å². The van der Waals surface area contributed by atoms with Crippen LogP contribution in [0.15, 0.2) is 22.7 Å². The molecule has 3 nitrogen and oxygen atoms in total. The molecule has 0 fully saturated rings. The Morgan fingerprint density at radius 3 is 2.50 bits per heavy atom. The molecule has 0 bridgehead atoms. The van der Waals surface area contributed by atoms with Gasteiger partial charge in [0.2, 0.25) is 5.91 Å². The maximum atomic E-state index is 12.3. The van der Waals surface area contributed by atoms with Crippen LogP contribution in [0, 0.1) is 0 Å². The van der Waals surface area contributed by atoms with Crippen LogP contribution in [0.1, 0.15) is 5.56 Å². The zero-order chi connectivity index (χ0) is 12.3. The van der Waals surface area contributed by atoms with Crippen LogP contribution >= 0.6 is 15.9 Å². The molecule has 1 aromatic rings. The maximum Gasteiger partial charge on any atom is 0.416 e. The van der Waals surface area contributed by atoms with Crippen molar-refractivity contribution in [2.75, 3.05) is 11.9 Å². The third kappa shape index (κ3) is 3.41. The van der Waals surface area contributed by atoms with Crippen LogP contribution in [0.5, 0.6) is 0 Å². The largest absolute Gasteiger partial charge is 0.416 e. The number of rotatable bonds is 3. The molecular formula is C9H8BrF3N2O. The second kappa shape index (κ2) is 4.73. The first-order valence-electron chi connectivity index (χ1n) is 4.19. The van der Waals surface area contributed by atoms with Gasteiger partial charge in [0.1, 0.15) is 0 Å². The molecule has 0 heterocycles. The van der Waals surface area contributed by atoms with Gasteiger partial charge in [-0.3, -0.25) is 4.79 Å². The molecule has 0 aromatic heterocycles. The number of benzene rings is 1. The van der Waals surface area contributed by atoms with E-state index >= 15 is 0 Å². The average Bonchev–Trinajstić information content (AvgIpc) is 2.14. The average molecular weight is 297 g/mol. The van der Waals surface area contributed by atoms with Crippen LogP contribution in [0.2, 0.25) is 0 Å². The third-order valence-corrected chi connectivity index (χ3v) is 2.41. The minimum atomic E-state index is -4.38. The first-order valence-corrected chi connectivity index (χ1v) is 4.99. The Morgan fingerprint density at radius 1 is 1.44 bits per heavy atom. The summed E-state index contributed by atoms with van der Waals surface area (Å²) in [6.07, 6.45) is -4.38. The van der Waals surface area contributed by atoms with Crippen molar-refractivity contribution in [1.29, 1.82) is 0 Å². The minimum absolute atomic E-state index is 0.135. The Balaban J connectivity index is 2.88. The van der Waals surface area contributed by atoms with Gasteiger partial charge in [-0.2, -0.15) is 13.2 Å². The van der Waals surface area contributed by atoms with Gasteiger partial charge in [-0.1, -0.05) is 0 Å². The minimum Gasteiger partial charge on any atom is -0.375 e. The SMILES string of the molecule is NC(=O)CNc1ccc(C(F)(F)F)cc1Br. The normalized spacial score (nSPS) is 11.2. The number of alkyl halides is 3. The molecule has 0 spiro atoms. The number of hydrogen-bond acceptors (Lipinski definition) is 2. The second-order valence-corrected chi connectivity index (χ2v) is 3.87. The zero-order valence-electron chi connectivity index (χ0n) is 7.94. The van der Waals surface area contributed by atoms with Gasteiger partial charge in [-0.05, 0) is 34.1 Å². The molecule has 7 heteroatoms. The Morgan fingerprint density at radius 2 is 2.06 bits per heavy atom. The lowest BCUT2D eigenvalue weighted by Crippen LogP contribution is -2.22. The first kappa shape index (κ1) is 12.8. The topological polar surface area (TPSA) is 55.1 Å². The summed E-state index contributed by atoms with van der Waals surface area (Å²) in [5, 5.41) is 2.60. The molecule has 1 rings (SSSR count). The molecule has 0 atom stereocenters. The Bertz CT molecular complexity index is 406. The van der Waals surface area contributed by atoms with E-state index in [-0.39, 0.29) is 11.0 Å². The highest BCUT2D eigenvalue weighted by Gasteiger charge is 2.30.